The molecule has 1 nitrogen and oxygen atoms in total. The second-order valence-corrected chi connectivity index (χ2v) is 4.51. The van der Waals surface area contributed by atoms with Gasteiger partial charge in [-0.05, 0) is 36.6 Å². The van der Waals surface area contributed by atoms with Crippen LogP contribution in [0.5, 0.6) is 5.75 Å². The van der Waals surface area contributed by atoms with Gasteiger partial charge in [0.1, 0.15) is 5.75 Å². The van der Waals surface area contributed by atoms with Crippen molar-refractivity contribution in [3.63, 3.8) is 0 Å². The number of allylic oxidation sites excluding steroid dienone is 1. The molecule has 0 saturated carbocycles. The zero-order valence-electron chi connectivity index (χ0n) is 12.7. The first-order valence-electron chi connectivity index (χ1n) is 7.10. The van der Waals surface area contributed by atoms with Crippen LogP contribution in [0.2, 0.25) is 0 Å². The van der Waals surface area contributed by atoms with Gasteiger partial charge in [0.2, 0.25) is 0 Å². The number of methoxy groups -OCH3 is 1. The Morgan fingerprint density at radius 3 is 2.10 bits per heavy atom. The highest BCUT2D eigenvalue weighted by atomic mass is 16.5. The van der Waals surface area contributed by atoms with Gasteiger partial charge in [-0.3, -0.25) is 0 Å². The number of hydrogen-bond donors (Lipinski definition) is 0. The molecular formula is C19H24O. The van der Waals surface area contributed by atoms with Crippen LogP contribution < -0.4 is 4.74 Å². The average molecular weight is 268 g/mol. The molecule has 0 bridgehead atoms. The minimum Gasteiger partial charge on any atom is -0.497 e. The zero-order valence-corrected chi connectivity index (χ0v) is 12.7. The summed E-state index contributed by atoms with van der Waals surface area (Å²) in [5.41, 5.74) is 2.65. The SMILES string of the molecule is C/C=C/c1ccc(OC)cc1.CCCc1ccccc1. The van der Waals surface area contributed by atoms with E-state index in [0.717, 1.165) is 5.75 Å². The van der Waals surface area contributed by atoms with Crippen molar-refractivity contribution in [3.8, 4) is 5.75 Å². The van der Waals surface area contributed by atoms with E-state index in [1.807, 2.05) is 37.3 Å². The third-order valence-corrected chi connectivity index (χ3v) is 2.86. The molecule has 0 saturated heterocycles. The van der Waals surface area contributed by atoms with E-state index < -0.39 is 0 Å². The van der Waals surface area contributed by atoms with Crippen molar-refractivity contribution in [2.24, 2.45) is 0 Å². The van der Waals surface area contributed by atoms with Crippen molar-refractivity contribution < 1.29 is 4.74 Å². The standard InChI is InChI=1S/C10H12O.C9H12/c1-3-4-9-5-7-10(11-2)8-6-9;1-2-6-9-7-4-3-5-8-9/h3-8H,1-2H3;3-5,7-8H,2,6H2,1H3/b4-3+;. The lowest BCUT2D eigenvalue weighted by Gasteiger charge is -1.98. The van der Waals surface area contributed by atoms with E-state index in [4.69, 9.17) is 4.74 Å². The lowest BCUT2D eigenvalue weighted by molar-refractivity contribution is 0.415. The van der Waals surface area contributed by atoms with E-state index >= 15 is 0 Å². The first kappa shape index (κ1) is 16.0. The van der Waals surface area contributed by atoms with Gasteiger partial charge in [0.05, 0.1) is 7.11 Å². The van der Waals surface area contributed by atoms with Crippen LogP contribution in [0.4, 0.5) is 0 Å². The maximum absolute atomic E-state index is 5.02. The number of hydrogen-bond acceptors (Lipinski definition) is 1. The number of rotatable bonds is 4. The molecule has 1 heteroatoms. The molecular weight excluding hydrogens is 244 g/mol. The summed E-state index contributed by atoms with van der Waals surface area (Å²) in [7, 11) is 1.67. The Labute approximate surface area is 122 Å². The van der Waals surface area contributed by atoms with Gasteiger partial charge < -0.3 is 4.74 Å². The van der Waals surface area contributed by atoms with Gasteiger partial charge in [-0.15, -0.1) is 0 Å². The molecule has 0 aliphatic rings. The summed E-state index contributed by atoms with van der Waals surface area (Å²) in [6, 6.07) is 18.5. The Balaban J connectivity index is 0.000000204. The number of benzene rings is 2. The summed E-state index contributed by atoms with van der Waals surface area (Å²) in [6.45, 7) is 4.21. The van der Waals surface area contributed by atoms with E-state index in [9.17, 15) is 0 Å². The fourth-order valence-electron chi connectivity index (χ4n) is 1.84. The van der Waals surface area contributed by atoms with Crippen LogP contribution in [0.3, 0.4) is 0 Å². The van der Waals surface area contributed by atoms with E-state index in [0.29, 0.717) is 0 Å². The van der Waals surface area contributed by atoms with Crippen LogP contribution in [-0.2, 0) is 6.42 Å². The molecule has 106 valence electrons. The molecule has 0 atom stereocenters. The van der Waals surface area contributed by atoms with Crippen molar-refractivity contribution in [2.45, 2.75) is 26.7 Å². The van der Waals surface area contributed by atoms with Gasteiger partial charge in [0, 0.05) is 0 Å². The molecule has 0 aliphatic carbocycles. The molecule has 0 aromatic heterocycles. The molecule has 2 aromatic carbocycles. The van der Waals surface area contributed by atoms with Crippen molar-refractivity contribution >= 4 is 6.08 Å². The van der Waals surface area contributed by atoms with Crippen molar-refractivity contribution in [1.82, 2.24) is 0 Å². The summed E-state index contributed by atoms with van der Waals surface area (Å²) in [5, 5.41) is 0. The summed E-state index contributed by atoms with van der Waals surface area (Å²) in [4.78, 5) is 0. The smallest absolute Gasteiger partial charge is 0.118 e. The molecule has 0 amide bonds. The molecule has 0 spiro atoms. The Bertz CT molecular complexity index is 483. The minimum absolute atomic E-state index is 0.901. The van der Waals surface area contributed by atoms with Crippen LogP contribution in [0.15, 0.2) is 60.7 Å². The van der Waals surface area contributed by atoms with Gasteiger partial charge >= 0.3 is 0 Å². The predicted octanol–water partition coefficient (Wildman–Crippen LogP) is 5.37. The first-order valence-corrected chi connectivity index (χ1v) is 7.10. The predicted molar refractivity (Wildman–Crippen MR) is 88.1 cm³/mol. The maximum Gasteiger partial charge on any atom is 0.118 e. The Kier molecular flexibility index (Phi) is 7.90. The minimum atomic E-state index is 0.901. The number of ether oxygens (including phenoxy) is 1. The Morgan fingerprint density at radius 1 is 0.950 bits per heavy atom. The highest BCUT2D eigenvalue weighted by Crippen LogP contribution is 2.11. The second kappa shape index (κ2) is 9.85. The molecule has 0 aliphatic heterocycles. The molecule has 0 N–H and O–H groups in total. The largest absolute Gasteiger partial charge is 0.497 e. The number of aryl methyl sites for hydroxylation is 1. The van der Waals surface area contributed by atoms with Gasteiger partial charge in [0.25, 0.3) is 0 Å². The van der Waals surface area contributed by atoms with Gasteiger partial charge in [-0.25, -0.2) is 0 Å². The molecule has 2 rings (SSSR count). The van der Waals surface area contributed by atoms with Crippen LogP contribution >= 0.6 is 0 Å². The second-order valence-electron chi connectivity index (χ2n) is 4.51. The Morgan fingerprint density at radius 2 is 1.60 bits per heavy atom. The quantitative estimate of drug-likeness (QED) is 0.724. The monoisotopic (exact) mass is 268 g/mol. The van der Waals surface area contributed by atoms with E-state index in [1.54, 1.807) is 7.11 Å². The van der Waals surface area contributed by atoms with Crippen LogP contribution in [0.1, 0.15) is 31.4 Å². The third kappa shape index (κ3) is 6.24. The average Bonchev–Trinajstić information content (AvgIpc) is 2.50. The molecule has 2 aromatic rings. The molecule has 0 unspecified atom stereocenters. The molecule has 0 heterocycles. The molecule has 0 radical (unpaired) electrons. The first-order chi connectivity index (χ1) is 9.80. The van der Waals surface area contributed by atoms with Gasteiger partial charge in [-0.2, -0.15) is 0 Å². The molecule has 20 heavy (non-hydrogen) atoms. The normalized spacial score (nSPS) is 9.95. The van der Waals surface area contributed by atoms with Gasteiger partial charge in [-0.1, -0.05) is 68.0 Å². The maximum atomic E-state index is 5.02. The fraction of sp³-hybridized carbons (Fsp3) is 0.263. The van der Waals surface area contributed by atoms with Crippen molar-refractivity contribution in [2.75, 3.05) is 7.11 Å². The Hall–Kier alpha value is -2.02. The van der Waals surface area contributed by atoms with E-state index in [2.05, 4.69) is 43.3 Å². The highest BCUT2D eigenvalue weighted by molar-refractivity contribution is 5.50. The zero-order chi connectivity index (χ0) is 14.6. The molecule has 0 fully saturated rings. The fourth-order valence-corrected chi connectivity index (χ4v) is 1.84. The summed E-state index contributed by atoms with van der Waals surface area (Å²) in [6.07, 6.45) is 6.52. The van der Waals surface area contributed by atoms with Crippen LogP contribution in [-0.4, -0.2) is 7.11 Å². The lowest BCUT2D eigenvalue weighted by atomic mass is 10.1. The van der Waals surface area contributed by atoms with Crippen molar-refractivity contribution in [3.05, 3.63) is 71.8 Å². The summed E-state index contributed by atoms with van der Waals surface area (Å²) in [5.74, 6) is 0.901. The highest BCUT2D eigenvalue weighted by Gasteiger charge is 1.88. The van der Waals surface area contributed by atoms with Crippen LogP contribution in [0, 0.1) is 0 Å². The topological polar surface area (TPSA) is 9.23 Å². The van der Waals surface area contributed by atoms with Crippen molar-refractivity contribution in [1.29, 1.82) is 0 Å². The van der Waals surface area contributed by atoms with E-state index in [-0.39, 0.29) is 0 Å². The third-order valence-electron chi connectivity index (χ3n) is 2.86. The van der Waals surface area contributed by atoms with Crippen LogP contribution in [0.25, 0.3) is 6.08 Å². The summed E-state index contributed by atoms with van der Waals surface area (Å²) >= 11 is 0. The van der Waals surface area contributed by atoms with E-state index in [1.165, 1.54) is 24.0 Å². The lowest BCUT2D eigenvalue weighted by Crippen LogP contribution is -1.80. The summed E-state index contributed by atoms with van der Waals surface area (Å²) < 4.78 is 5.02. The van der Waals surface area contributed by atoms with Gasteiger partial charge in [0.15, 0.2) is 0 Å².